The van der Waals surface area contributed by atoms with Crippen LogP contribution in [0.2, 0.25) is 0 Å². The van der Waals surface area contributed by atoms with Gasteiger partial charge in [0.05, 0.1) is 0 Å². The zero-order chi connectivity index (χ0) is 11.1. The van der Waals surface area contributed by atoms with Crippen molar-refractivity contribution in [3.05, 3.63) is 47.0 Å². The molecule has 0 heterocycles. The zero-order valence-electron chi connectivity index (χ0n) is 9.20. The van der Waals surface area contributed by atoms with Gasteiger partial charge in [0.15, 0.2) is 5.78 Å². The van der Waals surface area contributed by atoms with Gasteiger partial charge in [0.2, 0.25) is 0 Å². The molecule has 0 bridgehead atoms. The highest BCUT2D eigenvalue weighted by atomic mass is 16.5. The van der Waals surface area contributed by atoms with Gasteiger partial charge in [0, 0.05) is 18.2 Å². The van der Waals surface area contributed by atoms with E-state index in [0.29, 0.717) is 0 Å². The average molecular weight is 202 g/mol. The number of hydrogen-bond acceptors (Lipinski definition) is 2. The number of benzene rings is 1. The predicted molar refractivity (Wildman–Crippen MR) is 59.0 cm³/mol. The number of aryl methyl sites for hydroxylation is 1. The summed E-state index contributed by atoms with van der Waals surface area (Å²) in [6, 6.07) is 5.76. The van der Waals surface area contributed by atoms with Gasteiger partial charge in [-0.15, -0.1) is 0 Å². The maximum atomic E-state index is 11.7. The molecule has 1 unspecified atom stereocenters. The maximum Gasteiger partial charge on any atom is 0.186 e. The van der Waals surface area contributed by atoms with Crippen LogP contribution < -0.4 is 0 Å². The fourth-order valence-electron chi connectivity index (χ4n) is 2.11. The van der Waals surface area contributed by atoms with E-state index in [2.05, 4.69) is 0 Å². The second-order valence-corrected chi connectivity index (χ2v) is 4.01. The van der Waals surface area contributed by atoms with Crippen LogP contribution >= 0.6 is 0 Å². The molecule has 0 N–H and O–H groups in total. The van der Waals surface area contributed by atoms with Gasteiger partial charge in [-0.2, -0.15) is 0 Å². The minimum atomic E-state index is -0.478. The molecule has 2 nitrogen and oxygen atoms in total. The van der Waals surface area contributed by atoms with Crippen LogP contribution in [0.5, 0.6) is 0 Å². The molecule has 78 valence electrons. The van der Waals surface area contributed by atoms with Gasteiger partial charge in [-0.1, -0.05) is 18.2 Å². The first-order valence-corrected chi connectivity index (χ1v) is 4.97. The monoisotopic (exact) mass is 202 g/mol. The first kappa shape index (κ1) is 10.1. The summed E-state index contributed by atoms with van der Waals surface area (Å²) in [7, 11) is 1.66. The molecular weight excluding hydrogens is 188 g/mol. The lowest BCUT2D eigenvalue weighted by molar-refractivity contribution is 0.0427. The van der Waals surface area contributed by atoms with E-state index in [1.807, 2.05) is 38.1 Å². The topological polar surface area (TPSA) is 26.3 Å². The first-order valence-electron chi connectivity index (χ1n) is 4.97. The number of ether oxygens (including phenoxy) is 1. The quantitative estimate of drug-likeness (QED) is 0.699. The normalized spacial score (nSPS) is 24.1. The molecule has 1 atom stereocenters. The van der Waals surface area contributed by atoms with Crippen LogP contribution in [0.4, 0.5) is 0 Å². The number of allylic oxidation sites excluding steroid dienone is 1. The molecule has 1 aromatic rings. The number of carbonyl (C=O) groups excluding carboxylic acids is 1. The number of methoxy groups -OCH3 is 1. The minimum absolute atomic E-state index is 0.0585. The lowest BCUT2D eigenvalue weighted by Gasteiger charge is -2.31. The molecule has 0 aromatic heterocycles. The van der Waals surface area contributed by atoms with Crippen LogP contribution in [0.25, 0.3) is 0 Å². The Balaban J connectivity index is 2.73. The highest BCUT2D eigenvalue weighted by Gasteiger charge is 2.32. The van der Waals surface area contributed by atoms with Gasteiger partial charge in [-0.25, -0.2) is 0 Å². The van der Waals surface area contributed by atoms with Crippen LogP contribution in [0.3, 0.4) is 0 Å². The summed E-state index contributed by atoms with van der Waals surface area (Å²) in [4.78, 5) is 11.7. The number of fused-ring (bicyclic) bond motifs is 1. The molecule has 0 fully saturated rings. The number of carbonyl (C=O) groups is 1. The molecule has 1 aliphatic rings. The van der Waals surface area contributed by atoms with Gasteiger partial charge >= 0.3 is 0 Å². The van der Waals surface area contributed by atoms with Crippen molar-refractivity contribution in [1.29, 1.82) is 0 Å². The van der Waals surface area contributed by atoms with Crippen molar-refractivity contribution in [3.63, 3.8) is 0 Å². The van der Waals surface area contributed by atoms with Crippen LogP contribution in [-0.2, 0) is 10.3 Å². The Kier molecular flexibility index (Phi) is 2.24. The number of rotatable bonds is 1. The second-order valence-electron chi connectivity index (χ2n) is 4.01. The van der Waals surface area contributed by atoms with Crippen molar-refractivity contribution >= 4 is 5.78 Å². The third-order valence-electron chi connectivity index (χ3n) is 3.01. The molecule has 0 spiro atoms. The molecule has 1 aliphatic carbocycles. The standard InChI is InChI=1S/C13H14O2/c1-9-5-4-6-10-11(14)7-8-13(2,15-3)12(9)10/h4-8H,1-3H3. The van der Waals surface area contributed by atoms with Gasteiger partial charge < -0.3 is 4.74 Å². The van der Waals surface area contributed by atoms with E-state index in [4.69, 9.17) is 4.74 Å². The predicted octanol–water partition coefficient (Wildman–Crippen LogP) is 2.61. The average Bonchev–Trinajstić information content (AvgIpc) is 2.24. The van der Waals surface area contributed by atoms with Crippen LogP contribution in [0.1, 0.15) is 28.4 Å². The summed E-state index contributed by atoms with van der Waals surface area (Å²) in [6.07, 6.45) is 3.41. The van der Waals surface area contributed by atoms with E-state index in [0.717, 1.165) is 16.7 Å². The van der Waals surface area contributed by atoms with Crippen molar-refractivity contribution in [3.8, 4) is 0 Å². The summed E-state index contributed by atoms with van der Waals surface area (Å²) in [5.41, 5.74) is 2.35. The summed E-state index contributed by atoms with van der Waals surface area (Å²) in [5.74, 6) is 0.0585. The van der Waals surface area contributed by atoms with Crippen molar-refractivity contribution in [2.75, 3.05) is 7.11 Å². The van der Waals surface area contributed by atoms with Crippen molar-refractivity contribution in [2.24, 2.45) is 0 Å². The number of hydrogen-bond donors (Lipinski definition) is 0. The molecule has 0 amide bonds. The fourth-order valence-corrected chi connectivity index (χ4v) is 2.11. The summed E-state index contributed by atoms with van der Waals surface area (Å²) < 4.78 is 5.50. The van der Waals surface area contributed by atoms with Gasteiger partial charge in [-0.05, 0) is 31.6 Å². The maximum absolute atomic E-state index is 11.7. The SMILES string of the molecule is COC1(C)C=CC(=O)c2cccc(C)c21. The molecule has 0 saturated heterocycles. The van der Waals surface area contributed by atoms with Crippen LogP contribution in [-0.4, -0.2) is 12.9 Å². The second kappa shape index (κ2) is 3.31. The van der Waals surface area contributed by atoms with E-state index in [1.165, 1.54) is 0 Å². The Morgan fingerprint density at radius 3 is 2.73 bits per heavy atom. The zero-order valence-corrected chi connectivity index (χ0v) is 9.20. The van der Waals surface area contributed by atoms with Crippen molar-refractivity contribution < 1.29 is 9.53 Å². The molecule has 0 radical (unpaired) electrons. The first-order chi connectivity index (χ1) is 7.08. The Morgan fingerprint density at radius 1 is 1.33 bits per heavy atom. The summed E-state index contributed by atoms with van der Waals surface area (Å²) in [6.45, 7) is 3.98. The van der Waals surface area contributed by atoms with Gasteiger partial charge in [-0.3, -0.25) is 4.79 Å². The fraction of sp³-hybridized carbons (Fsp3) is 0.308. The van der Waals surface area contributed by atoms with E-state index in [-0.39, 0.29) is 5.78 Å². The molecule has 2 rings (SSSR count). The summed E-state index contributed by atoms with van der Waals surface area (Å²) >= 11 is 0. The lowest BCUT2D eigenvalue weighted by atomic mass is 9.82. The van der Waals surface area contributed by atoms with E-state index in [1.54, 1.807) is 13.2 Å². The minimum Gasteiger partial charge on any atom is -0.370 e. The third-order valence-corrected chi connectivity index (χ3v) is 3.01. The Hall–Kier alpha value is -1.41. The van der Waals surface area contributed by atoms with Gasteiger partial charge in [0.25, 0.3) is 0 Å². The molecule has 0 aliphatic heterocycles. The molecular formula is C13H14O2. The molecule has 15 heavy (non-hydrogen) atoms. The molecule has 1 aromatic carbocycles. The van der Waals surface area contributed by atoms with Gasteiger partial charge in [0.1, 0.15) is 5.60 Å². The summed E-state index contributed by atoms with van der Waals surface area (Å²) in [5, 5.41) is 0. The van der Waals surface area contributed by atoms with Crippen molar-refractivity contribution in [1.82, 2.24) is 0 Å². The van der Waals surface area contributed by atoms with E-state index in [9.17, 15) is 4.79 Å². The Labute approximate surface area is 89.6 Å². The highest BCUT2D eigenvalue weighted by Crippen LogP contribution is 2.35. The van der Waals surface area contributed by atoms with E-state index >= 15 is 0 Å². The largest absolute Gasteiger partial charge is 0.370 e. The highest BCUT2D eigenvalue weighted by molar-refractivity contribution is 6.07. The molecule has 0 saturated carbocycles. The Morgan fingerprint density at radius 2 is 2.07 bits per heavy atom. The van der Waals surface area contributed by atoms with E-state index < -0.39 is 5.60 Å². The van der Waals surface area contributed by atoms with Crippen LogP contribution in [0, 0.1) is 6.92 Å². The van der Waals surface area contributed by atoms with Crippen LogP contribution in [0.15, 0.2) is 30.4 Å². The number of ketones is 1. The molecule has 2 heteroatoms. The smallest absolute Gasteiger partial charge is 0.186 e. The third kappa shape index (κ3) is 1.41. The van der Waals surface area contributed by atoms with Crippen molar-refractivity contribution in [2.45, 2.75) is 19.4 Å². The lowest BCUT2D eigenvalue weighted by Crippen LogP contribution is -2.29. The Bertz CT molecular complexity index is 446.